The highest BCUT2D eigenvalue weighted by molar-refractivity contribution is 6.04. The molecule has 4 rings (SSSR count). The van der Waals surface area contributed by atoms with E-state index in [1.165, 1.54) is 0 Å². The molecule has 1 fully saturated rings. The predicted octanol–water partition coefficient (Wildman–Crippen LogP) is 3.66. The number of rotatable bonds is 10. The molecule has 2 amide bonds. The number of anilines is 1. The van der Waals surface area contributed by atoms with Gasteiger partial charge in [0.2, 0.25) is 17.6 Å². The Morgan fingerprint density at radius 1 is 1.14 bits per heavy atom. The molecule has 1 saturated heterocycles. The first kappa shape index (κ1) is 25.5. The van der Waals surface area contributed by atoms with Crippen molar-refractivity contribution in [1.29, 1.82) is 0 Å². The van der Waals surface area contributed by atoms with E-state index in [0.717, 1.165) is 43.5 Å². The molecule has 36 heavy (non-hydrogen) atoms. The van der Waals surface area contributed by atoms with Crippen molar-refractivity contribution in [3.63, 3.8) is 0 Å². The van der Waals surface area contributed by atoms with E-state index < -0.39 is 0 Å². The van der Waals surface area contributed by atoms with Gasteiger partial charge in [0.1, 0.15) is 0 Å². The van der Waals surface area contributed by atoms with Gasteiger partial charge in [0.25, 0.3) is 5.91 Å². The normalized spacial score (nSPS) is 14.5. The van der Waals surface area contributed by atoms with E-state index in [1.54, 1.807) is 25.3 Å². The van der Waals surface area contributed by atoms with E-state index in [4.69, 9.17) is 9.26 Å². The zero-order valence-electron chi connectivity index (χ0n) is 20.8. The van der Waals surface area contributed by atoms with E-state index in [0.29, 0.717) is 42.7 Å². The Labute approximate surface area is 211 Å². The van der Waals surface area contributed by atoms with Crippen LogP contribution in [0.5, 0.6) is 0 Å². The standard InChI is InChI=1S/C27H33N5O4/c1-19-7-5-8-21(17-19)25-30-24(36-31-25)18-32-14-11-20(12-15-32)26(33)29-23-10-4-3-9-22(23)27(34)28-13-6-16-35-2/h3-5,7-10,17,20H,6,11-16,18H2,1-2H3,(H,28,34)(H,29,33). The minimum Gasteiger partial charge on any atom is -0.385 e. The number of hydrogen-bond acceptors (Lipinski definition) is 7. The lowest BCUT2D eigenvalue weighted by atomic mass is 9.95. The van der Waals surface area contributed by atoms with Crippen molar-refractivity contribution in [2.75, 3.05) is 38.7 Å². The fourth-order valence-corrected chi connectivity index (χ4v) is 4.30. The van der Waals surface area contributed by atoms with Gasteiger partial charge in [-0.3, -0.25) is 14.5 Å². The summed E-state index contributed by atoms with van der Waals surface area (Å²) in [5.74, 6) is 0.768. The van der Waals surface area contributed by atoms with Gasteiger partial charge in [0.05, 0.1) is 17.8 Å². The van der Waals surface area contributed by atoms with Gasteiger partial charge in [-0.15, -0.1) is 0 Å². The summed E-state index contributed by atoms with van der Waals surface area (Å²) >= 11 is 0. The Morgan fingerprint density at radius 2 is 1.94 bits per heavy atom. The fourth-order valence-electron chi connectivity index (χ4n) is 4.30. The number of aryl methyl sites for hydroxylation is 1. The summed E-state index contributed by atoms with van der Waals surface area (Å²) in [4.78, 5) is 32.3. The number of likely N-dealkylation sites (tertiary alicyclic amines) is 1. The molecule has 0 unspecified atom stereocenters. The van der Waals surface area contributed by atoms with Crippen LogP contribution in [0.1, 0.15) is 41.1 Å². The summed E-state index contributed by atoms with van der Waals surface area (Å²) in [6, 6.07) is 15.1. The molecule has 1 aliphatic heterocycles. The van der Waals surface area contributed by atoms with Crippen molar-refractivity contribution in [3.8, 4) is 11.4 Å². The fraction of sp³-hybridized carbons (Fsp3) is 0.407. The lowest BCUT2D eigenvalue weighted by Gasteiger charge is -2.30. The molecule has 2 N–H and O–H groups in total. The average Bonchev–Trinajstić information content (AvgIpc) is 3.36. The smallest absolute Gasteiger partial charge is 0.253 e. The van der Waals surface area contributed by atoms with Crippen LogP contribution in [-0.2, 0) is 16.1 Å². The number of methoxy groups -OCH3 is 1. The third-order valence-electron chi connectivity index (χ3n) is 6.30. The quantitative estimate of drug-likeness (QED) is 0.417. The third kappa shape index (κ3) is 6.77. The number of carbonyl (C=O) groups excluding carboxylic acids is 2. The first-order valence-corrected chi connectivity index (χ1v) is 12.3. The molecule has 0 bridgehead atoms. The molecule has 9 nitrogen and oxygen atoms in total. The third-order valence-corrected chi connectivity index (χ3v) is 6.30. The van der Waals surface area contributed by atoms with Gasteiger partial charge in [-0.25, -0.2) is 0 Å². The summed E-state index contributed by atoms with van der Waals surface area (Å²) in [6.45, 7) is 5.18. The second kappa shape index (κ2) is 12.4. The SMILES string of the molecule is COCCCNC(=O)c1ccccc1NC(=O)C1CCN(Cc2nc(-c3cccc(C)c3)no2)CC1. The van der Waals surface area contributed by atoms with E-state index in [1.807, 2.05) is 37.3 Å². The zero-order chi connectivity index (χ0) is 25.3. The number of benzene rings is 2. The predicted molar refractivity (Wildman–Crippen MR) is 136 cm³/mol. The highest BCUT2D eigenvalue weighted by Gasteiger charge is 2.27. The molecule has 2 heterocycles. The molecule has 9 heteroatoms. The van der Waals surface area contributed by atoms with Crippen molar-refractivity contribution in [2.45, 2.75) is 32.7 Å². The topological polar surface area (TPSA) is 110 Å². The first-order valence-electron chi connectivity index (χ1n) is 12.3. The van der Waals surface area contributed by atoms with Crippen molar-refractivity contribution in [3.05, 3.63) is 65.5 Å². The number of ether oxygens (including phenoxy) is 1. The maximum absolute atomic E-state index is 13.0. The van der Waals surface area contributed by atoms with Crippen LogP contribution in [-0.4, -0.2) is 60.2 Å². The number of para-hydroxylation sites is 1. The van der Waals surface area contributed by atoms with Crippen LogP contribution in [0.4, 0.5) is 5.69 Å². The number of aromatic nitrogens is 2. The average molecular weight is 492 g/mol. The molecule has 0 spiro atoms. The molecule has 0 saturated carbocycles. The molecule has 1 aliphatic rings. The minimum absolute atomic E-state index is 0.0613. The van der Waals surface area contributed by atoms with Crippen molar-refractivity contribution in [1.82, 2.24) is 20.4 Å². The number of piperidine rings is 1. The summed E-state index contributed by atoms with van der Waals surface area (Å²) in [6.07, 6.45) is 2.17. The maximum Gasteiger partial charge on any atom is 0.253 e. The van der Waals surface area contributed by atoms with E-state index in [9.17, 15) is 9.59 Å². The largest absolute Gasteiger partial charge is 0.385 e. The zero-order valence-corrected chi connectivity index (χ0v) is 20.8. The lowest BCUT2D eigenvalue weighted by Crippen LogP contribution is -2.38. The van der Waals surface area contributed by atoms with Gasteiger partial charge in [0.15, 0.2) is 0 Å². The molecule has 1 aromatic heterocycles. The van der Waals surface area contributed by atoms with Crippen LogP contribution in [0.15, 0.2) is 53.1 Å². The Balaban J connectivity index is 1.27. The van der Waals surface area contributed by atoms with Gasteiger partial charge in [-0.1, -0.05) is 41.1 Å². The van der Waals surface area contributed by atoms with Gasteiger partial charge >= 0.3 is 0 Å². The second-order valence-corrected chi connectivity index (χ2v) is 9.07. The number of hydrogen-bond donors (Lipinski definition) is 2. The summed E-state index contributed by atoms with van der Waals surface area (Å²) in [5.41, 5.74) is 3.07. The highest BCUT2D eigenvalue weighted by Crippen LogP contribution is 2.23. The van der Waals surface area contributed by atoms with Crippen LogP contribution in [0.2, 0.25) is 0 Å². The monoisotopic (exact) mass is 491 g/mol. The van der Waals surface area contributed by atoms with Gasteiger partial charge in [-0.2, -0.15) is 4.98 Å². The number of amides is 2. The molecule has 190 valence electrons. The minimum atomic E-state index is -0.207. The molecule has 0 atom stereocenters. The molecule has 0 radical (unpaired) electrons. The first-order chi connectivity index (χ1) is 17.5. The van der Waals surface area contributed by atoms with Crippen LogP contribution in [0, 0.1) is 12.8 Å². The number of nitrogens with zero attached hydrogens (tertiary/aromatic N) is 3. The van der Waals surface area contributed by atoms with Crippen LogP contribution >= 0.6 is 0 Å². The van der Waals surface area contributed by atoms with Crippen molar-refractivity contribution < 1.29 is 18.8 Å². The van der Waals surface area contributed by atoms with Crippen LogP contribution in [0.25, 0.3) is 11.4 Å². The lowest BCUT2D eigenvalue weighted by molar-refractivity contribution is -0.121. The van der Waals surface area contributed by atoms with E-state index in [2.05, 4.69) is 25.7 Å². The van der Waals surface area contributed by atoms with E-state index in [-0.39, 0.29) is 17.7 Å². The summed E-state index contributed by atoms with van der Waals surface area (Å²) in [5, 5.41) is 9.96. The molecular weight excluding hydrogens is 458 g/mol. The Hall–Kier alpha value is -3.56. The Morgan fingerprint density at radius 3 is 2.72 bits per heavy atom. The molecule has 2 aromatic carbocycles. The second-order valence-electron chi connectivity index (χ2n) is 9.07. The molecular formula is C27H33N5O4. The van der Waals surface area contributed by atoms with Gasteiger partial charge in [-0.05, 0) is 57.5 Å². The van der Waals surface area contributed by atoms with Gasteiger partial charge in [0, 0.05) is 31.7 Å². The van der Waals surface area contributed by atoms with Crippen LogP contribution in [0.3, 0.4) is 0 Å². The van der Waals surface area contributed by atoms with E-state index >= 15 is 0 Å². The van der Waals surface area contributed by atoms with Crippen LogP contribution < -0.4 is 10.6 Å². The number of carbonyl (C=O) groups is 2. The number of nitrogens with one attached hydrogen (secondary N) is 2. The maximum atomic E-state index is 13.0. The van der Waals surface area contributed by atoms with Crippen molar-refractivity contribution >= 4 is 17.5 Å². The Bertz CT molecular complexity index is 1170. The van der Waals surface area contributed by atoms with Crippen molar-refractivity contribution in [2.24, 2.45) is 5.92 Å². The molecule has 3 aromatic rings. The summed E-state index contributed by atoms with van der Waals surface area (Å²) < 4.78 is 10.5. The highest BCUT2D eigenvalue weighted by atomic mass is 16.5. The summed E-state index contributed by atoms with van der Waals surface area (Å²) in [7, 11) is 1.63. The Kier molecular flexibility index (Phi) is 8.80. The molecule has 0 aliphatic carbocycles. The van der Waals surface area contributed by atoms with Gasteiger partial charge < -0.3 is 19.9 Å².